The molecule has 0 unspecified atom stereocenters. The van der Waals surface area contributed by atoms with Crippen LogP contribution in [0.4, 0.5) is 10.1 Å². The number of anilines is 1. The lowest BCUT2D eigenvalue weighted by molar-refractivity contribution is -0.120. The lowest BCUT2D eigenvalue weighted by atomic mass is 10.1. The Kier molecular flexibility index (Phi) is 5.12. The second-order valence-corrected chi connectivity index (χ2v) is 8.73. The summed E-state index contributed by atoms with van der Waals surface area (Å²) in [5, 5.41) is 4.33. The molecule has 0 radical (unpaired) electrons. The Morgan fingerprint density at radius 1 is 1.44 bits per heavy atom. The minimum absolute atomic E-state index is 0.0580. The van der Waals surface area contributed by atoms with Crippen molar-refractivity contribution in [3.8, 4) is 0 Å². The maximum absolute atomic E-state index is 13.5. The standard InChI is InChI=1S/C15H15ClFN3O3S2/c1-20-13(15(21)18-9-4-5-10(16)11(17)7-9)8-12(19-25(20,22)23)14-3-2-6-24-14/h2-7,12-13,19H,8H2,1H3,(H,18,21)/t12-,13+/m0/s1. The molecule has 1 aliphatic rings. The summed E-state index contributed by atoms with van der Waals surface area (Å²) in [4.78, 5) is 13.4. The van der Waals surface area contributed by atoms with E-state index in [9.17, 15) is 17.6 Å². The van der Waals surface area contributed by atoms with Gasteiger partial charge in [0.15, 0.2) is 0 Å². The van der Waals surface area contributed by atoms with E-state index < -0.39 is 34.0 Å². The van der Waals surface area contributed by atoms with Crippen LogP contribution in [0.1, 0.15) is 17.3 Å². The molecule has 10 heteroatoms. The second-order valence-electron chi connectivity index (χ2n) is 5.58. The van der Waals surface area contributed by atoms with Crippen molar-refractivity contribution in [1.82, 2.24) is 9.03 Å². The summed E-state index contributed by atoms with van der Waals surface area (Å²) in [7, 11) is -2.47. The smallest absolute Gasteiger partial charge is 0.280 e. The molecule has 0 spiro atoms. The van der Waals surface area contributed by atoms with Crippen LogP contribution in [0, 0.1) is 5.82 Å². The average Bonchev–Trinajstić information content (AvgIpc) is 3.07. The highest BCUT2D eigenvalue weighted by Gasteiger charge is 2.40. The lowest BCUT2D eigenvalue weighted by Gasteiger charge is -2.35. The first-order valence-electron chi connectivity index (χ1n) is 7.32. The van der Waals surface area contributed by atoms with Gasteiger partial charge >= 0.3 is 0 Å². The first-order valence-corrected chi connectivity index (χ1v) is 10.0. The van der Waals surface area contributed by atoms with Gasteiger partial charge < -0.3 is 5.32 Å². The number of thiophene rings is 1. The first kappa shape index (κ1) is 18.3. The summed E-state index contributed by atoms with van der Waals surface area (Å²) in [6.45, 7) is 0. The minimum atomic E-state index is -3.80. The van der Waals surface area contributed by atoms with Crippen molar-refractivity contribution in [2.75, 3.05) is 12.4 Å². The monoisotopic (exact) mass is 403 g/mol. The molecule has 1 aromatic carbocycles. The van der Waals surface area contributed by atoms with E-state index in [2.05, 4.69) is 10.0 Å². The van der Waals surface area contributed by atoms with E-state index in [4.69, 9.17) is 11.6 Å². The van der Waals surface area contributed by atoms with Crippen LogP contribution in [0.25, 0.3) is 0 Å². The van der Waals surface area contributed by atoms with Crippen molar-refractivity contribution in [1.29, 1.82) is 0 Å². The van der Waals surface area contributed by atoms with Gasteiger partial charge in [-0.05, 0) is 36.1 Å². The maximum atomic E-state index is 13.5. The van der Waals surface area contributed by atoms with E-state index in [1.54, 1.807) is 0 Å². The predicted octanol–water partition coefficient (Wildman–Crippen LogP) is 2.76. The third-order valence-corrected chi connectivity index (χ3v) is 6.83. The highest BCUT2D eigenvalue weighted by atomic mass is 35.5. The van der Waals surface area contributed by atoms with Crippen LogP contribution in [-0.2, 0) is 15.0 Å². The van der Waals surface area contributed by atoms with Gasteiger partial charge in [-0.25, -0.2) is 4.39 Å². The zero-order valence-electron chi connectivity index (χ0n) is 13.1. The Balaban J connectivity index is 1.83. The summed E-state index contributed by atoms with van der Waals surface area (Å²) in [6, 6.07) is 6.09. The zero-order chi connectivity index (χ0) is 18.2. The van der Waals surface area contributed by atoms with Crippen LogP contribution in [-0.4, -0.2) is 31.7 Å². The Morgan fingerprint density at radius 3 is 2.84 bits per heavy atom. The minimum Gasteiger partial charge on any atom is -0.325 e. The number of nitrogens with zero attached hydrogens (tertiary/aromatic N) is 1. The summed E-state index contributed by atoms with van der Waals surface area (Å²) >= 11 is 7.03. The molecule has 2 atom stereocenters. The van der Waals surface area contributed by atoms with Gasteiger partial charge in [-0.3, -0.25) is 4.79 Å². The van der Waals surface area contributed by atoms with Gasteiger partial charge in [0, 0.05) is 17.6 Å². The fourth-order valence-electron chi connectivity index (χ4n) is 2.59. The Hall–Kier alpha value is -1.52. The van der Waals surface area contributed by atoms with Crippen LogP contribution in [0.15, 0.2) is 35.7 Å². The number of nitrogens with one attached hydrogen (secondary N) is 2. The molecule has 0 saturated carbocycles. The summed E-state index contributed by atoms with van der Waals surface area (Å²) < 4.78 is 41.7. The number of hydrogen-bond acceptors (Lipinski definition) is 4. The molecule has 2 aromatic rings. The summed E-state index contributed by atoms with van der Waals surface area (Å²) in [5.41, 5.74) is 0.212. The van der Waals surface area contributed by atoms with E-state index in [0.717, 1.165) is 15.2 Å². The molecule has 1 aromatic heterocycles. The van der Waals surface area contributed by atoms with Gasteiger partial charge in [0.05, 0.1) is 11.1 Å². The van der Waals surface area contributed by atoms with Gasteiger partial charge in [0.2, 0.25) is 5.91 Å². The normalized spacial score (nSPS) is 23.3. The fourth-order valence-corrected chi connectivity index (χ4v) is 4.83. The highest BCUT2D eigenvalue weighted by Crippen LogP contribution is 2.31. The van der Waals surface area contributed by atoms with E-state index in [1.807, 2.05) is 17.5 Å². The van der Waals surface area contributed by atoms with Crippen molar-refractivity contribution in [3.63, 3.8) is 0 Å². The molecule has 1 saturated heterocycles. The number of likely N-dealkylation sites (N-methyl/N-ethyl adjacent to an activating group) is 1. The lowest BCUT2D eigenvalue weighted by Crippen LogP contribution is -2.55. The Labute approximate surface area is 153 Å². The van der Waals surface area contributed by atoms with E-state index in [0.29, 0.717) is 0 Å². The summed E-state index contributed by atoms with van der Waals surface area (Å²) in [6.07, 6.45) is 0.262. The number of amides is 1. The molecule has 2 heterocycles. The molecule has 2 N–H and O–H groups in total. The van der Waals surface area contributed by atoms with Crippen LogP contribution >= 0.6 is 22.9 Å². The number of carbonyl (C=O) groups is 1. The van der Waals surface area contributed by atoms with Crippen molar-refractivity contribution in [3.05, 3.63) is 51.4 Å². The molecule has 3 rings (SSSR count). The van der Waals surface area contributed by atoms with Gasteiger partial charge in [-0.15, -0.1) is 11.3 Å². The SMILES string of the molecule is CN1[C@@H](C(=O)Nc2ccc(Cl)c(F)c2)C[C@@H](c2cccs2)NS1(=O)=O. The van der Waals surface area contributed by atoms with Crippen molar-refractivity contribution < 1.29 is 17.6 Å². The number of carbonyl (C=O) groups excluding carboxylic acids is 1. The van der Waals surface area contributed by atoms with E-state index >= 15 is 0 Å². The predicted molar refractivity (Wildman–Crippen MR) is 95.3 cm³/mol. The molecule has 0 bridgehead atoms. The second kappa shape index (κ2) is 7.00. The Morgan fingerprint density at radius 2 is 2.20 bits per heavy atom. The third-order valence-electron chi connectivity index (χ3n) is 3.94. The molecule has 0 aliphatic carbocycles. The van der Waals surface area contributed by atoms with E-state index in [1.165, 1.54) is 30.5 Å². The molecule has 6 nitrogen and oxygen atoms in total. The topological polar surface area (TPSA) is 78.5 Å². The van der Waals surface area contributed by atoms with Crippen molar-refractivity contribution >= 4 is 44.7 Å². The van der Waals surface area contributed by atoms with Gasteiger partial charge in [0.25, 0.3) is 10.2 Å². The molecule has 1 aliphatic heterocycles. The number of benzene rings is 1. The molecule has 134 valence electrons. The third kappa shape index (κ3) is 3.85. The molecular formula is C15H15ClFN3O3S2. The first-order chi connectivity index (χ1) is 11.8. The zero-order valence-corrected chi connectivity index (χ0v) is 15.5. The fraction of sp³-hybridized carbons (Fsp3) is 0.267. The molecule has 25 heavy (non-hydrogen) atoms. The van der Waals surface area contributed by atoms with Crippen molar-refractivity contribution in [2.45, 2.75) is 18.5 Å². The van der Waals surface area contributed by atoms with Gasteiger partial charge in [-0.1, -0.05) is 17.7 Å². The van der Waals surface area contributed by atoms with Crippen LogP contribution in [0.2, 0.25) is 5.02 Å². The number of hydrogen-bond donors (Lipinski definition) is 2. The molecule has 1 amide bonds. The largest absolute Gasteiger partial charge is 0.325 e. The maximum Gasteiger partial charge on any atom is 0.280 e. The van der Waals surface area contributed by atoms with E-state index in [-0.39, 0.29) is 17.1 Å². The Bertz CT molecular complexity index is 889. The summed E-state index contributed by atoms with van der Waals surface area (Å²) in [5.74, 6) is -1.20. The van der Waals surface area contributed by atoms with Crippen LogP contribution in [0.3, 0.4) is 0 Å². The van der Waals surface area contributed by atoms with Crippen LogP contribution in [0.5, 0.6) is 0 Å². The van der Waals surface area contributed by atoms with Crippen molar-refractivity contribution in [2.24, 2.45) is 0 Å². The molecule has 1 fully saturated rings. The van der Waals surface area contributed by atoms with Gasteiger partial charge in [0.1, 0.15) is 11.9 Å². The number of rotatable bonds is 3. The van der Waals surface area contributed by atoms with Crippen LogP contribution < -0.4 is 10.0 Å². The number of halogens is 2. The molecular weight excluding hydrogens is 389 g/mol. The van der Waals surface area contributed by atoms with Gasteiger partial charge in [-0.2, -0.15) is 17.4 Å². The highest BCUT2D eigenvalue weighted by molar-refractivity contribution is 7.87. The quantitative estimate of drug-likeness (QED) is 0.827. The average molecular weight is 404 g/mol.